The lowest BCUT2D eigenvalue weighted by Gasteiger charge is -2.13. The number of benzene rings is 1. The Kier molecular flexibility index (Phi) is 3.45. The van der Waals surface area contributed by atoms with Crippen LogP contribution in [0.4, 0.5) is 4.39 Å². The van der Waals surface area contributed by atoms with Crippen molar-refractivity contribution in [1.29, 1.82) is 0 Å². The third-order valence-electron chi connectivity index (χ3n) is 2.69. The van der Waals surface area contributed by atoms with Crippen molar-refractivity contribution in [1.82, 2.24) is 9.78 Å². The summed E-state index contributed by atoms with van der Waals surface area (Å²) in [5, 5.41) is 4.46. The Morgan fingerprint density at radius 2 is 2.24 bits per heavy atom. The fourth-order valence-corrected chi connectivity index (χ4v) is 2.02. The number of halogens is 2. The van der Waals surface area contributed by atoms with Crippen molar-refractivity contribution < 1.29 is 4.39 Å². The van der Waals surface area contributed by atoms with Gasteiger partial charge in [0, 0.05) is 18.3 Å². The molecule has 0 saturated carbocycles. The Morgan fingerprint density at radius 3 is 2.82 bits per heavy atom. The standard InChI is InChI=1S/C12H13ClFN3/c1-17-12(4-5-16-17)11(15)6-8-2-3-9(14)7-10(8)13/h2-5,7,11H,6,15H2,1H3. The predicted octanol–water partition coefficient (Wildman–Crippen LogP) is 2.46. The quantitative estimate of drug-likeness (QED) is 0.913. The van der Waals surface area contributed by atoms with E-state index in [-0.39, 0.29) is 11.9 Å². The van der Waals surface area contributed by atoms with Gasteiger partial charge in [-0.05, 0) is 30.2 Å². The van der Waals surface area contributed by atoms with Crippen LogP contribution in [-0.2, 0) is 13.5 Å². The van der Waals surface area contributed by atoms with Crippen LogP contribution in [0.3, 0.4) is 0 Å². The number of hydrogen-bond acceptors (Lipinski definition) is 2. The molecule has 17 heavy (non-hydrogen) atoms. The molecule has 3 nitrogen and oxygen atoms in total. The zero-order chi connectivity index (χ0) is 12.4. The van der Waals surface area contributed by atoms with Crippen LogP contribution in [0.2, 0.25) is 5.02 Å². The van der Waals surface area contributed by atoms with Crippen LogP contribution in [0.15, 0.2) is 30.5 Å². The predicted molar refractivity (Wildman–Crippen MR) is 65.3 cm³/mol. The molecule has 0 fully saturated rings. The molecule has 0 spiro atoms. The average Bonchev–Trinajstić information content (AvgIpc) is 2.68. The lowest BCUT2D eigenvalue weighted by atomic mass is 10.0. The van der Waals surface area contributed by atoms with E-state index < -0.39 is 0 Å². The normalized spacial score (nSPS) is 12.7. The van der Waals surface area contributed by atoms with E-state index in [1.54, 1.807) is 16.9 Å². The molecule has 0 saturated heterocycles. The number of aromatic nitrogens is 2. The lowest BCUT2D eigenvalue weighted by Crippen LogP contribution is -2.17. The molecule has 1 aromatic heterocycles. The van der Waals surface area contributed by atoms with E-state index in [9.17, 15) is 4.39 Å². The Morgan fingerprint density at radius 1 is 1.47 bits per heavy atom. The number of hydrogen-bond donors (Lipinski definition) is 1. The summed E-state index contributed by atoms with van der Waals surface area (Å²) in [6.45, 7) is 0. The van der Waals surface area contributed by atoms with Crippen LogP contribution in [0.25, 0.3) is 0 Å². The van der Waals surface area contributed by atoms with E-state index >= 15 is 0 Å². The first-order chi connectivity index (χ1) is 8.08. The molecule has 0 aliphatic carbocycles. The minimum Gasteiger partial charge on any atom is -0.322 e. The summed E-state index contributed by atoms with van der Waals surface area (Å²) >= 11 is 5.96. The Bertz CT molecular complexity index is 524. The van der Waals surface area contributed by atoms with Crippen LogP contribution >= 0.6 is 11.6 Å². The third kappa shape index (κ3) is 2.65. The van der Waals surface area contributed by atoms with E-state index in [4.69, 9.17) is 17.3 Å². The summed E-state index contributed by atoms with van der Waals surface area (Å²) < 4.78 is 14.6. The molecule has 0 radical (unpaired) electrons. The third-order valence-corrected chi connectivity index (χ3v) is 3.05. The Labute approximate surface area is 104 Å². The highest BCUT2D eigenvalue weighted by atomic mass is 35.5. The molecule has 90 valence electrons. The van der Waals surface area contributed by atoms with Crippen molar-refractivity contribution >= 4 is 11.6 Å². The second-order valence-electron chi connectivity index (χ2n) is 3.93. The Balaban J connectivity index is 2.19. The molecule has 0 amide bonds. The minimum atomic E-state index is -0.340. The Hall–Kier alpha value is -1.39. The van der Waals surface area contributed by atoms with Crippen molar-refractivity contribution in [2.75, 3.05) is 0 Å². The summed E-state index contributed by atoms with van der Waals surface area (Å²) in [5.41, 5.74) is 7.82. The second-order valence-corrected chi connectivity index (χ2v) is 4.33. The van der Waals surface area contributed by atoms with Crippen LogP contribution < -0.4 is 5.73 Å². The van der Waals surface area contributed by atoms with E-state index in [1.807, 2.05) is 13.1 Å². The maximum Gasteiger partial charge on any atom is 0.124 e. The van der Waals surface area contributed by atoms with Gasteiger partial charge < -0.3 is 5.73 Å². The summed E-state index contributed by atoms with van der Waals surface area (Å²) in [4.78, 5) is 0. The largest absolute Gasteiger partial charge is 0.322 e. The maximum absolute atomic E-state index is 12.9. The first-order valence-corrected chi connectivity index (χ1v) is 5.63. The van der Waals surface area contributed by atoms with Gasteiger partial charge in [-0.25, -0.2) is 4.39 Å². The molecule has 1 atom stereocenters. The first kappa shape index (κ1) is 12.1. The van der Waals surface area contributed by atoms with Crippen LogP contribution in [0.1, 0.15) is 17.3 Å². The van der Waals surface area contributed by atoms with Gasteiger partial charge in [0.25, 0.3) is 0 Å². The highest BCUT2D eigenvalue weighted by Crippen LogP contribution is 2.22. The summed E-state index contributed by atoms with van der Waals surface area (Å²) in [6.07, 6.45) is 2.25. The molecule has 5 heteroatoms. The zero-order valence-corrected chi connectivity index (χ0v) is 10.2. The van der Waals surface area contributed by atoms with Crippen LogP contribution in [-0.4, -0.2) is 9.78 Å². The summed E-state index contributed by atoms with van der Waals surface area (Å²) in [5.74, 6) is -0.340. The molecule has 2 rings (SSSR count). The van der Waals surface area contributed by atoms with E-state index in [0.29, 0.717) is 11.4 Å². The molecule has 2 N–H and O–H groups in total. The fourth-order valence-electron chi connectivity index (χ4n) is 1.78. The molecular formula is C12H13ClFN3. The molecular weight excluding hydrogens is 241 g/mol. The van der Waals surface area contributed by atoms with E-state index in [1.165, 1.54) is 12.1 Å². The summed E-state index contributed by atoms with van der Waals surface area (Å²) in [6, 6.07) is 6.01. The van der Waals surface area contributed by atoms with Gasteiger partial charge in [-0.2, -0.15) is 5.10 Å². The number of nitrogens with two attached hydrogens (primary N) is 1. The van der Waals surface area contributed by atoms with E-state index in [0.717, 1.165) is 11.3 Å². The van der Waals surface area contributed by atoms with Gasteiger partial charge >= 0.3 is 0 Å². The van der Waals surface area contributed by atoms with E-state index in [2.05, 4.69) is 5.10 Å². The highest BCUT2D eigenvalue weighted by Gasteiger charge is 2.12. The number of rotatable bonds is 3. The topological polar surface area (TPSA) is 43.8 Å². The van der Waals surface area contributed by atoms with Gasteiger partial charge in [0.05, 0.1) is 11.7 Å². The molecule has 1 unspecified atom stereocenters. The van der Waals surface area contributed by atoms with Gasteiger partial charge in [-0.3, -0.25) is 4.68 Å². The van der Waals surface area contributed by atoms with Crippen LogP contribution in [0, 0.1) is 5.82 Å². The molecule has 2 aromatic rings. The molecule has 1 heterocycles. The van der Waals surface area contributed by atoms with Gasteiger partial charge in [-0.1, -0.05) is 17.7 Å². The van der Waals surface area contributed by atoms with Gasteiger partial charge in [0.1, 0.15) is 5.82 Å². The molecule has 1 aromatic carbocycles. The van der Waals surface area contributed by atoms with Crippen LogP contribution in [0.5, 0.6) is 0 Å². The number of nitrogens with zero attached hydrogens (tertiary/aromatic N) is 2. The monoisotopic (exact) mass is 253 g/mol. The molecule has 0 aliphatic heterocycles. The summed E-state index contributed by atoms with van der Waals surface area (Å²) in [7, 11) is 1.83. The van der Waals surface area contributed by atoms with Crippen molar-refractivity contribution in [2.24, 2.45) is 12.8 Å². The first-order valence-electron chi connectivity index (χ1n) is 5.25. The van der Waals surface area contributed by atoms with Crippen molar-refractivity contribution in [3.05, 3.63) is 52.6 Å². The highest BCUT2D eigenvalue weighted by molar-refractivity contribution is 6.31. The minimum absolute atomic E-state index is 0.203. The van der Waals surface area contributed by atoms with Crippen molar-refractivity contribution in [2.45, 2.75) is 12.5 Å². The van der Waals surface area contributed by atoms with Gasteiger partial charge in [0.2, 0.25) is 0 Å². The second kappa shape index (κ2) is 4.85. The molecule has 0 aliphatic rings. The average molecular weight is 254 g/mol. The maximum atomic E-state index is 12.9. The smallest absolute Gasteiger partial charge is 0.124 e. The van der Waals surface area contributed by atoms with Gasteiger partial charge in [-0.15, -0.1) is 0 Å². The number of aryl methyl sites for hydroxylation is 1. The SMILES string of the molecule is Cn1nccc1C(N)Cc1ccc(F)cc1Cl. The lowest BCUT2D eigenvalue weighted by molar-refractivity contribution is 0.611. The van der Waals surface area contributed by atoms with Gasteiger partial charge in [0.15, 0.2) is 0 Å². The zero-order valence-electron chi connectivity index (χ0n) is 9.40. The van der Waals surface area contributed by atoms with Crippen molar-refractivity contribution in [3.63, 3.8) is 0 Å². The van der Waals surface area contributed by atoms with Crippen molar-refractivity contribution in [3.8, 4) is 0 Å². The fraction of sp³-hybridized carbons (Fsp3) is 0.250. The molecule has 0 bridgehead atoms.